The molecule has 0 fully saturated rings. The second-order valence-electron chi connectivity index (χ2n) is 5.16. The van der Waals surface area contributed by atoms with Gasteiger partial charge in [-0.2, -0.15) is 0 Å². The van der Waals surface area contributed by atoms with E-state index in [2.05, 4.69) is 21.2 Å². The monoisotopic (exact) mass is 342 g/mol. The minimum Gasteiger partial charge on any atom is -0.311 e. The average molecular weight is 342 g/mol. The Bertz CT molecular complexity index is 828. The fourth-order valence-electron chi connectivity index (χ4n) is 2.64. The Balaban J connectivity index is 1.41. The number of nitrogens with zero attached hydrogens (tertiary/aromatic N) is 3. The smallest absolute Gasteiger partial charge is 0.237 e. The Morgan fingerprint density at radius 2 is 2.22 bits per heavy atom. The zero-order valence-electron chi connectivity index (χ0n) is 12.2. The van der Waals surface area contributed by atoms with E-state index in [1.54, 1.807) is 11.3 Å². The van der Waals surface area contributed by atoms with Crippen molar-refractivity contribution in [3.05, 3.63) is 47.3 Å². The van der Waals surface area contributed by atoms with Crippen LogP contribution in [0, 0.1) is 0 Å². The summed E-state index contributed by atoms with van der Waals surface area (Å²) in [6.45, 7) is 0.757. The van der Waals surface area contributed by atoms with Gasteiger partial charge in [-0.05, 0) is 29.5 Å². The van der Waals surface area contributed by atoms with Crippen LogP contribution in [0.25, 0.3) is 10.7 Å². The fraction of sp³-hybridized carbons (Fsp3) is 0.188. The number of nitrogens with one attached hydrogen (secondary N) is 1. The second-order valence-corrected chi connectivity index (χ2v) is 7.05. The zero-order chi connectivity index (χ0) is 15.6. The summed E-state index contributed by atoms with van der Waals surface area (Å²) < 4.78 is 0. The highest BCUT2D eigenvalue weighted by molar-refractivity contribution is 7.99. The number of amides is 1. The molecule has 0 saturated heterocycles. The fourth-order valence-corrected chi connectivity index (χ4v) is 3.97. The normalized spacial score (nSPS) is 13.3. The van der Waals surface area contributed by atoms with Crippen LogP contribution in [-0.4, -0.2) is 33.4 Å². The summed E-state index contributed by atoms with van der Waals surface area (Å²) >= 11 is 2.98. The molecule has 0 aliphatic carbocycles. The van der Waals surface area contributed by atoms with E-state index < -0.39 is 0 Å². The predicted molar refractivity (Wildman–Crippen MR) is 92.9 cm³/mol. The maximum atomic E-state index is 12.5. The van der Waals surface area contributed by atoms with Crippen LogP contribution in [0.4, 0.5) is 5.69 Å². The molecule has 3 aromatic rings. The summed E-state index contributed by atoms with van der Waals surface area (Å²) in [7, 11) is 0. The van der Waals surface area contributed by atoms with E-state index in [1.807, 2.05) is 40.6 Å². The Labute approximate surface area is 141 Å². The maximum absolute atomic E-state index is 12.5. The van der Waals surface area contributed by atoms with Crippen LogP contribution in [0.15, 0.2) is 46.9 Å². The van der Waals surface area contributed by atoms with Gasteiger partial charge in [0.15, 0.2) is 5.82 Å². The largest absolute Gasteiger partial charge is 0.311 e. The molecule has 4 rings (SSSR count). The highest BCUT2D eigenvalue weighted by Gasteiger charge is 2.24. The molecule has 7 heteroatoms. The number of H-pyrrole nitrogens is 1. The number of fused-ring (bicyclic) bond motifs is 1. The van der Waals surface area contributed by atoms with E-state index in [-0.39, 0.29) is 5.91 Å². The molecule has 0 atom stereocenters. The van der Waals surface area contributed by atoms with Crippen LogP contribution in [0.2, 0.25) is 0 Å². The number of hydrogen-bond donors (Lipinski definition) is 1. The van der Waals surface area contributed by atoms with Gasteiger partial charge in [0, 0.05) is 12.2 Å². The summed E-state index contributed by atoms with van der Waals surface area (Å²) in [6, 6.07) is 12.0. The van der Waals surface area contributed by atoms with Crippen molar-refractivity contribution in [1.82, 2.24) is 15.2 Å². The summed E-state index contributed by atoms with van der Waals surface area (Å²) in [5, 5.41) is 9.70. The average Bonchev–Trinajstić information content (AvgIpc) is 3.31. The van der Waals surface area contributed by atoms with Crippen LogP contribution in [0.3, 0.4) is 0 Å². The van der Waals surface area contributed by atoms with Gasteiger partial charge in [-0.25, -0.2) is 4.98 Å². The van der Waals surface area contributed by atoms with Gasteiger partial charge >= 0.3 is 0 Å². The molecule has 0 bridgehead atoms. The number of aromatic nitrogens is 3. The molecule has 0 saturated carbocycles. The highest BCUT2D eigenvalue weighted by atomic mass is 32.2. The lowest BCUT2D eigenvalue weighted by Gasteiger charge is -2.16. The number of anilines is 1. The quantitative estimate of drug-likeness (QED) is 0.740. The third-order valence-electron chi connectivity index (χ3n) is 3.73. The summed E-state index contributed by atoms with van der Waals surface area (Å²) in [4.78, 5) is 19.8. The molecular weight excluding hydrogens is 328 g/mol. The van der Waals surface area contributed by atoms with Crippen molar-refractivity contribution in [3.8, 4) is 10.7 Å². The van der Waals surface area contributed by atoms with Crippen LogP contribution >= 0.6 is 23.1 Å². The number of para-hydroxylation sites is 1. The van der Waals surface area contributed by atoms with E-state index in [0.29, 0.717) is 10.9 Å². The lowest BCUT2D eigenvalue weighted by atomic mass is 10.2. The molecule has 1 N–H and O–H groups in total. The number of thioether (sulfide) groups is 1. The van der Waals surface area contributed by atoms with E-state index in [9.17, 15) is 4.79 Å². The van der Waals surface area contributed by atoms with E-state index >= 15 is 0 Å². The lowest BCUT2D eigenvalue weighted by molar-refractivity contribution is -0.116. The lowest BCUT2D eigenvalue weighted by Crippen LogP contribution is -2.30. The maximum Gasteiger partial charge on any atom is 0.237 e. The molecule has 1 aliphatic rings. The molecular formula is C16H14N4OS2. The van der Waals surface area contributed by atoms with Gasteiger partial charge in [-0.3, -0.25) is 9.89 Å². The van der Waals surface area contributed by atoms with Gasteiger partial charge in [0.25, 0.3) is 0 Å². The van der Waals surface area contributed by atoms with Gasteiger partial charge in [-0.1, -0.05) is 36.0 Å². The van der Waals surface area contributed by atoms with Crippen LogP contribution in [-0.2, 0) is 11.2 Å². The molecule has 2 aromatic heterocycles. The van der Waals surface area contributed by atoms with Crippen molar-refractivity contribution in [1.29, 1.82) is 0 Å². The Hall–Kier alpha value is -2.12. The molecule has 5 nitrogen and oxygen atoms in total. The molecule has 0 spiro atoms. The van der Waals surface area contributed by atoms with E-state index in [1.165, 1.54) is 17.3 Å². The molecule has 3 heterocycles. The Kier molecular flexibility index (Phi) is 3.88. The number of aromatic amines is 1. The van der Waals surface area contributed by atoms with Crippen molar-refractivity contribution >= 4 is 34.7 Å². The molecule has 116 valence electrons. The minimum absolute atomic E-state index is 0.0995. The number of benzene rings is 1. The molecule has 1 aliphatic heterocycles. The third kappa shape index (κ3) is 2.89. The Morgan fingerprint density at radius 3 is 3.09 bits per heavy atom. The third-order valence-corrected chi connectivity index (χ3v) is 5.44. The molecule has 1 amide bonds. The van der Waals surface area contributed by atoms with Gasteiger partial charge in [0.1, 0.15) is 0 Å². The first-order valence-corrected chi connectivity index (χ1v) is 9.15. The predicted octanol–water partition coefficient (Wildman–Crippen LogP) is 3.21. The SMILES string of the molecule is O=C(CSc1n[nH]c(-c2cccs2)n1)N1CCc2ccccc21. The van der Waals surface area contributed by atoms with Crippen molar-refractivity contribution in [2.75, 3.05) is 17.2 Å². The molecule has 0 unspecified atom stereocenters. The Morgan fingerprint density at radius 1 is 1.30 bits per heavy atom. The summed E-state index contributed by atoms with van der Waals surface area (Å²) in [6.07, 6.45) is 0.926. The van der Waals surface area contributed by atoms with E-state index in [0.717, 1.165) is 29.4 Å². The standard InChI is InChI=1S/C16H14N4OS2/c21-14(20-8-7-11-4-1-2-5-12(11)20)10-23-16-17-15(18-19-16)13-6-3-9-22-13/h1-6,9H,7-8,10H2,(H,17,18,19). The van der Waals surface area contributed by atoms with Crippen LogP contribution < -0.4 is 4.90 Å². The van der Waals surface area contributed by atoms with Gasteiger partial charge in [0.05, 0.1) is 10.6 Å². The first kappa shape index (κ1) is 14.5. The van der Waals surface area contributed by atoms with Crippen molar-refractivity contribution in [2.24, 2.45) is 0 Å². The number of carbonyl (C=O) groups is 1. The number of carbonyl (C=O) groups excluding carboxylic acids is 1. The topological polar surface area (TPSA) is 61.9 Å². The van der Waals surface area contributed by atoms with Gasteiger partial charge < -0.3 is 4.90 Å². The first-order chi connectivity index (χ1) is 11.3. The number of hydrogen-bond acceptors (Lipinski definition) is 5. The van der Waals surface area contributed by atoms with Gasteiger partial charge in [-0.15, -0.1) is 16.4 Å². The first-order valence-electron chi connectivity index (χ1n) is 7.28. The van der Waals surface area contributed by atoms with E-state index in [4.69, 9.17) is 0 Å². The van der Waals surface area contributed by atoms with Crippen molar-refractivity contribution < 1.29 is 4.79 Å². The second kappa shape index (κ2) is 6.17. The molecule has 0 radical (unpaired) electrons. The van der Waals surface area contributed by atoms with Crippen molar-refractivity contribution in [3.63, 3.8) is 0 Å². The van der Waals surface area contributed by atoms with Gasteiger partial charge in [0.2, 0.25) is 11.1 Å². The molecule has 1 aromatic carbocycles. The summed E-state index contributed by atoms with van der Waals surface area (Å²) in [5.41, 5.74) is 2.27. The number of rotatable bonds is 4. The van der Waals surface area contributed by atoms with Crippen LogP contribution in [0.5, 0.6) is 0 Å². The summed E-state index contributed by atoms with van der Waals surface area (Å²) in [5.74, 6) is 1.19. The number of thiophene rings is 1. The molecule has 23 heavy (non-hydrogen) atoms. The van der Waals surface area contributed by atoms with Crippen LogP contribution in [0.1, 0.15) is 5.56 Å². The minimum atomic E-state index is 0.0995. The van der Waals surface area contributed by atoms with Crippen molar-refractivity contribution in [2.45, 2.75) is 11.6 Å². The zero-order valence-corrected chi connectivity index (χ0v) is 13.9. The highest BCUT2D eigenvalue weighted by Crippen LogP contribution is 2.29.